The Labute approximate surface area is 203 Å². The number of aromatic nitrogens is 1. The van der Waals surface area contributed by atoms with Gasteiger partial charge < -0.3 is 15.5 Å². The van der Waals surface area contributed by atoms with E-state index in [0.717, 1.165) is 12.0 Å². The molecular formula is C26H28N4O3S. The molecule has 0 aliphatic carbocycles. The second-order valence-electron chi connectivity index (χ2n) is 8.30. The zero-order chi connectivity index (χ0) is 23.9. The predicted molar refractivity (Wildman–Crippen MR) is 133 cm³/mol. The Morgan fingerprint density at radius 2 is 1.74 bits per heavy atom. The van der Waals surface area contributed by atoms with Crippen LogP contribution in [0.1, 0.15) is 57.7 Å². The first-order chi connectivity index (χ1) is 16.6. The number of likely N-dealkylation sites (tertiary alicyclic amines) is 1. The van der Waals surface area contributed by atoms with Crippen LogP contribution in [0.2, 0.25) is 0 Å². The van der Waals surface area contributed by atoms with Crippen molar-refractivity contribution in [3.63, 3.8) is 0 Å². The van der Waals surface area contributed by atoms with Gasteiger partial charge in [-0.2, -0.15) is 0 Å². The molecule has 0 saturated carbocycles. The molecule has 1 unspecified atom stereocenters. The Balaban J connectivity index is 1.32. The molecule has 0 spiro atoms. The van der Waals surface area contributed by atoms with Crippen LogP contribution in [0.4, 0.5) is 5.69 Å². The molecular weight excluding hydrogens is 448 g/mol. The molecule has 1 atom stereocenters. The van der Waals surface area contributed by atoms with Gasteiger partial charge in [-0.15, -0.1) is 11.3 Å². The lowest BCUT2D eigenvalue weighted by molar-refractivity contribution is -0.134. The second kappa shape index (κ2) is 11.1. The number of hydrogen-bond donors (Lipinski definition) is 2. The van der Waals surface area contributed by atoms with E-state index in [-0.39, 0.29) is 29.7 Å². The van der Waals surface area contributed by atoms with Crippen LogP contribution in [-0.2, 0) is 4.79 Å². The largest absolute Gasteiger partial charge is 0.348 e. The van der Waals surface area contributed by atoms with Crippen LogP contribution in [0, 0.1) is 0 Å². The maximum atomic E-state index is 13.1. The molecule has 2 N–H and O–H groups in total. The molecule has 7 nitrogen and oxygen atoms in total. The van der Waals surface area contributed by atoms with Crippen LogP contribution in [-0.4, -0.2) is 46.7 Å². The molecule has 0 radical (unpaired) electrons. The molecule has 3 heterocycles. The summed E-state index contributed by atoms with van der Waals surface area (Å²) in [5.74, 6) is -0.478. The third kappa shape index (κ3) is 5.51. The van der Waals surface area contributed by atoms with Crippen molar-refractivity contribution in [2.45, 2.75) is 38.1 Å². The molecule has 4 rings (SSSR count). The molecule has 1 saturated heterocycles. The summed E-state index contributed by atoms with van der Waals surface area (Å²) in [6, 6.07) is 14.9. The maximum Gasteiger partial charge on any atom is 0.263 e. The summed E-state index contributed by atoms with van der Waals surface area (Å²) in [6.45, 7) is 3.26. The van der Waals surface area contributed by atoms with Crippen molar-refractivity contribution in [2.24, 2.45) is 0 Å². The number of thiophene rings is 1. The summed E-state index contributed by atoms with van der Waals surface area (Å²) in [4.78, 5) is 44.8. The third-order valence-corrected chi connectivity index (χ3v) is 7.03. The number of nitrogens with one attached hydrogen (secondary N) is 2. The van der Waals surface area contributed by atoms with Crippen molar-refractivity contribution in [3.05, 3.63) is 82.3 Å². The minimum absolute atomic E-state index is 0.0146. The topological polar surface area (TPSA) is 91.4 Å². The Kier molecular flexibility index (Phi) is 7.69. The molecule has 1 aliphatic heterocycles. The normalized spacial score (nSPS) is 14.9. The highest BCUT2D eigenvalue weighted by Crippen LogP contribution is 2.26. The zero-order valence-electron chi connectivity index (χ0n) is 19.1. The van der Waals surface area contributed by atoms with Crippen molar-refractivity contribution >= 4 is 34.7 Å². The van der Waals surface area contributed by atoms with Gasteiger partial charge >= 0.3 is 0 Å². The van der Waals surface area contributed by atoms with Crippen LogP contribution in [0.25, 0.3) is 0 Å². The van der Waals surface area contributed by atoms with Crippen molar-refractivity contribution in [1.29, 1.82) is 0 Å². The Morgan fingerprint density at radius 1 is 1.03 bits per heavy atom. The number of piperidine rings is 1. The van der Waals surface area contributed by atoms with Crippen molar-refractivity contribution < 1.29 is 14.4 Å². The summed E-state index contributed by atoms with van der Waals surface area (Å²) in [7, 11) is 0. The lowest BCUT2D eigenvalue weighted by Gasteiger charge is -2.34. The number of amides is 3. The number of carbonyl (C=O) groups excluding carboxylic acids is 3. The second-order valence-corrected chi connectivity index (χ2v) is 9.21. The van der Waals surface area contributed by atoms with Crippen LogP contribution >= 0.6 is 11.3 Å². The van der Waals surface area contributed by atoms with E-state index in [1.54, 1.807) is 36.0 Å². The number of benzene rings is 1. The Hall–Kier alpha value is -3.52. The Bertz CT molecular complexity index is 1130. The first-order valence-corrected chi connectivity index (χ1v) is 12.4. The highest BCUT2D eigenvalue weighted by molar-refractivity contribution is 7.12. The Morgan fingerprint density at radius 3 is 2.41 bits per heavy atom. The number of nitrogens with zero attached hydrogens (tertiary/aromatic N) is 2. The van der Waals surface area contributed by atoms with Crippen LogP contribution < -0.4 is 10.6 Å². The van der Waals surface area contributed by atoms with Gasteiger partial charge in [0, 0.05) is 37.1 Å². The van der Waals surface area contributed by atoms with Gasteiger partial charge in [0.1, 0.15) is 4.88 Å². The maximum absolute atomic E-state index is 13.1. The van der Waals surface area contributed by atoms with Gasteiger partial charge in [0.2, 0.25) is 5.91 Å². The molecule has 0 bridgehead atoms. The molecule has 2 aromatic heterocycles. The number of pyridine rings is 1. The number of anilines is 1. The predicted octanol–water partition coefficient (Wildman–Crippen LogP) is 4.31. The fourth-order valence-corrected chi connectivity index (χ4v) is 4.99. The van der Waals surface area contributed by atoms with Gasteiger partial charge in [-0.3, -0.25) is 19.4 Å². The van der Waals surface area contributed by atoms with Crippen molar-refractivity contribution in [3.8, 4) is 0 Å². The molecule has 1 aliphatic rings. The van der Waals surface area contributed by atoms with E-state index in [1.165, 1.54) is 11.3 Å². The third-order valence-electron chi connectivity index (χ3n) is 6.11. The standard InChI is InChI=1S/C26H28N4O3S/c1-2-21(18-6-4-3-5-7-18)26(33)30-15-10-20(11-16-30)28-25(32)23-22(12-17-34-23)29-24(31)19-8-13-27-14-9-19/h3-9,12-14,17,20-21H,2,10-11,15-16H2,1H3,(H,28,32)(H,29,31). The SMILES string of the molecule is CCC(C(=O)N1CCC(NC(=O)c2sccc2NC(=O)c2ccncc2)CC1)c1ccccc1. The first-order valence-electron chi connectivity index (χ1n) is 11.5. The summed E-state index contributed by atoms with van der Waals surface area (Å²) < 4.78 is 0. The summed E-state index contributed by atoms with van der Waals surface area (Å²) >= 11 is 1.29. The number of carbonyl (C=O) groups is 3. The molecule has 3 amide bonds. The van der Waals surface area contributed by atoms with Crippen LogP contribution in [0.5, 0.6) is 0 Å². The number of rotatable bonds is 7. The fourth-order valence-electron chi connectivity index (χ4n) is 4.24. The monoisotopic (exact) mass is 476 g/mol. The average Bonchev–Trinajstić information content (AvgIpc) is 3.34. The molecule has 1 aromatic carbocycles. The van der Waals surface area contributed by atoms with Crippen LogP contribution in [0.15, 0.2) is 66.3 Å². The van der Waals surface area contributed by atoms with Gasteiger partial charge in [0.05, 0.1) is 11.6 Å². The highest BCUT2D eigenvalue weighted by Gasteiger charge is 2.29. The quantitative estimate of drug-likeness (QED) is 0.532. The van der Waals surface area contributed by atoms with Gasteiger partial charge in [-0.05, 0) is 48.4 Å². The number of hydrogen-bond acceptors (Lipinski definition) is 5. The van der Waals surface area contributed by atoms with E-state index < -0.39 is 0 Å². The van der Waals surface area contributed by atoms with Gasteiger partial charge in [-0.25, -0.2) is 0 Å². The van der Waals surface area contributed by atoms with E-state index in [0.29, 0.717) is 42.1 Å². The van der Waals surface area contributed by atoms with E-state index in [1.807, 2.05) is 42.2 Å². The summed E-state index contributed by atoms with van der Waals surface area (Å²) in [5, 5.41) is 7.68. The van der Waals surface area contributed by atoms with E-state index in [2.05, 4.69) is 15.6 Å². The fraction of sp³-hybridized carbons (Fsp3) is 0.308. The van der Waals surface area contributed by atoms with Crippen LogP contribution in [0.3, 0.4) is 0 Å². The smallest absolute Gasteiger partial charge is 0.263 e. The van der Waals surface area contributed by atoms with Crippen molar-refractivity contribution in [2.75, 3.05) is 18.4 Å². The van der Waals surface area contributed by atoms with E-state index in [9.17, 15) is 14.4 Å². The molecule has 34 heavy (non-hydrogen) atoms. The minimum atomic E-state index is -0.287. The lowest BCUT2D eigenvalue weighted by Crippen LogP contribution is -2.47. The van der Waals surface area contributed by atoms with E-state index in [4.69, 9.17) is 0 Å². The molecule has 8 heteroatoms. The molecule has 176 valence electrons. The first kappa shape index (κ1) is 23.6. The summed E-state index contributed by atoms with van der Waals surface area (Å²) in [5.41, 5.74) is 2.01. The zero-order valence-corrected chi connectivity index (χ0v) is 19.9. The van der Waals surface area contributed by atoms with Crippen molar-refractivity contribution in [1.82, 2.24) is 15.2 Å². The average molecular weight is 477 g/mol. The van der Waals surface area contributed by atoms with Gasteiger partial charge in [0.15, 0.2) is 0 Å². The van der Waals surface area contributed by atoms with Gasteiger partial charge in [0.25, 0.3) is 11.8 Å². The lowest BCUT2D eigenvalue weighted by atomic mass is 9.93. The minimum Gasteiger partial charge on any atom is -0.348 e. The van der Waals surface area contributed by atoms with E-state index >= 15 is 0 Å². The highest BCUT2D eigenvalue weighted by atomic mass is 32.1. The van der Waals surface area contributed by atoms with Gasteiger partial charge in [-0.1, -0.05) is 37.3 Å². The summed E-state index contributed by atoms with van der Waals surface area (Å²) in [6.07, 6.45) is 5.26. The molecule has 1 fully saturated rings. The molecule has 3 aromatic rings.